The van der Waals surface area contributed by atoms with Crippen molar-refractivity contribution in [2.24, 2.45) is 0 Å². The molecule has 3 aromatic carbocycles. The van der Waals surface area contributed by atoms with Crippen LogP contribution in [0.4, 0.5) is 11.4 Å². The second-order valence-corrected chi connectivity index (χ2v) is 11.1. The molecule has 36 heavy (non-hydrogen) atoms. The summed E-state index contributed by atoms with van der Waals surface area (Å²) in [4.78, 5) is 17.4. The Morgan fingerprint density at radius 3 is 2.14 bits per heavy atom. The first-order chi connectivity index (χ1) is 17.2. The van der Waals surface area contributed by atoms with E-state index in [0.29, 0.717) is 36.9 Å². The maximum absolute atomic E-state index is 13.6. The molecule has 1 amide bonds. The van der Waals surface area contributed by atoms with Gasteiger partial charge in [-0.2, -0.15) is 0 Å². The van der Waals surface area contributed by atoms with Gasteiger partial charge in [0.05, 0.1) is 17.7 Å². The van der Waals surface area contributed by atoms with Crippen LogP contribution in [0.2, 0.25) is 5.02 Å². The molecule has 3 aromatic rings. The lowest BCUT2D eigenvalue weighted by Crippen LogP contribution is -2.52. The number of aryl methyl sites for hydroxylation is 2. The normalized spacial score (nSPS) is 14.0. The highest BCUT2D eigenvalue weighted by atomic mass is 35.5. The Kier molecular flexibility index (Phi) is 7.76. The van der Waals surface area contributed by atoms with Gasteiger partial charge < -0.3 is 14.5 Å². The van der Waals surface area contributed by atoms with E-state index in [4.69, 9.17) is 16.3 Å². The van der Waals surface area contributed by atoms with Crippen LogP contribution < -0.4 is 13.9 Å². The summed E-state index contributed by atoms with van der Waals surface area (Å²) in [5, 5.41) is 0.442. The monoisotopic (exact) mass is 527 g/mol. The Hall–Kier alpha value is -3.23. The van der Waals surface area contributed by atoms with E-state index in [1.807, 2.05) is 44.2 Å². The van der Waals surface area contributed by atoms with Crippen molar-refractivity contribution in [3.63, 3.8) is 0 Å². The molecule has 1 fully saturated rings. The first kappa shape index (κ1) is 25.9. The zero-order valence-corrected chi connectivity index (χ0v) is 22.2. The van der Waals surface area contributed by atoms with Gasteiger partial charge in [-0.1, -0.05) is 17.7 Å². The molecule has 0 radical (unpaired) electrons. The number of nitrogens with zero attached hydrogens (tertiary/aromatic N) is 3. The smallest absolute Gasteiger partial charge is 0.264 e. The second kappa shape index (κ2) is 10.8. The highest BCUT2D eigenvalue weighted by Crippen LogP contribution is 2.27. The highest BCUT2D eigenvalue weighted by molar-refractivity contribution is 7.92. The molecule has 190 valence electrons. The van der Waals surface area contributed by atoms with Crippen LogP contribution in [0.1, 0.15) is 11.1 Å². The summed E-state index contributed by atoms with van der Waals surface area (Å²) in [6, 6.07) is 19.2. The van der Waals surface area contributed by atoms with Gasteiger partial charge in [0.25, 0.3) is 10.0 Å². The van der Waals surface area contributed by atoms with Gasteiger partial charge in [-0.05, 0) is 85.6 Å². The Bertz CT molecular complexity index is 1320. The SMILES string of the molecule is COc1ccc(N2CCN(C(=O)CN(c3ccc(C)c(C)c3)S(=O)(=O)c3ccc(Cl)cc3)CC2)cc1. The number of rotatable bonds is 7. The van der Waals surface area contributed by atoms with E-state index in [1.165, 1.54) is 28.6 Å². The predicted octanol–water partition coefficient (Wildman–Crippen LogP) is 4.51. The predicted molar refractivity (Wildman–Crippen MR) is 144 cm³/mol. The van der Waals surface area contributed by atoms with Gasteiger partial charge >= 0.3 is 0 Å². The number of hydrogen-bond acceptors (Lipinski definition) is 5. The molecule has 1 aliphatic heterocycles. The molecule has 0 saturated carbocycles. The second-order valence-electron chi connectivity index (χ2n) is 8.80. The zero-order chi connectivity index (χ0) is 25.9. The van der Waals surface area contributed by atoms with Crippen molar-refractivity contribution in [2.45, 2.75) is 18.7 Å². The number of sulfonamides is 1. The van der Waals surface area contributed by atoms with Crippen LogP contribution >= 0.6 is 11.6 Å². The number of halogens is 1. The van der Waals surface area contributed by atoms with E-state index in [-0.39, 0.29) is 17.3 Å². The van der Waals surface area contributed by atoms with Crippen LogP contribution in [0, 0.1) is 13.8 Å². The lowest BCUT2D eigenvalue weighted by Gasteiger charge is -2.37. The van der Waals surface area contributed by atoms with E-state index in [2.05, 4.69) is 4.90 Å². The van der Waals surface area contributed by atoms with Crippen molar-refractivity contribution in [2.75, 3.05) is 49.0 Å². The molecular weight excluding hydrogens is 498 g/mol. The highest BCUT2D eigenvalue weighted by Gasteiger charge is 2.30. The number of carbonyl (C=O) groups excluding carboxylic acids is 1. The van der Waals surface area contributed by atoms with E-state index < -0.39 is 10.0 Å². The van der Waals surface area contributed by atoms with Crippen LogP contribution in [0.15, 0.2) is 71.6 Å². The van der Waals surface area contributed by atoms with Crippen LogP contribution in [-0.4, -0.2) is 59.1 Å². The fraction of sp³-hybridized carbons (Fsp3) is 0.296. The quantitative estimate of drug-likeness (QED) is 0.452. The third-order valence-corrected chi connectivity index (χ3v) is 8.57. The van der Waals surface area contributed by atoms with Crippen LogP contribution in [-0.2, 0) is 14.8 Å². The number of benzene rings is 3. The minimum absolute atomic E-state index is 0.0854. The van der Waals surface area contributed by atoms with Crippen molar-refractivity contribution in [3.8, 4) is 5.75 Å². The van der Waals surface area contributed by atoms with Gasteiger partial charge in [-0.15, -0.1) is 0 Å². The third kappa shape index (κ3) is 5.60. The number of methoxy groups -OCH3 is 1. The molecule has 4 rings (SSSR count). The molecule has 0 bridgehead atoms. The van der Waals surface area contributed by atoms with Crippen LogP contribution in [0.3, 0.4) is 0 Å². The van der Waals surface area contributed by atoms with Gasteiger partial charge in [-0.3, -0.25) is 9.10 Å². The molecule has 0 atom stereocenters. The molecule has 1 saturated heterocycles. The number of amides is 1. The fourth-order valence-electron chi connectivity index (χ4n) is 4.16. The van der Waals surface area contributed by atoms with Gasteiger partial charge in [-0.25, -0.2) is 8.42 Å². The van der Waals surface area contributed by atoms with Crippen LogP contribution in [0.25, 0.3) is 0 Å². The van der Waals surface area contributed by atoms with Gasteiger partial charge in [0.1, 0.15) is 12.3 Å². The summed E-state index contributed by atoms with van der Waals surface area (Å²) >= 11 is 5.97. The Labute approximate surface area is 217 Å². The Balaban J connectivity index is 1.53. The average molecular weight is 528 g/mol. The first-order valence-electron chi connectivity index (χ1n) is 11.7. The van der Waals surface area contributed by atoms with Crippen molar-refractivity contribution in [1.82, 2.24) is 4.90 Å². The number of anilines is 2. The van der Waals surface area contributed by atoms with Crippen molar-refractivity contribution >= 4 is 38.9 Å². The fourth-order valence-corrected chi connectivity index (χ4v) is 5.69. The average Bonchev–Trinajstić information content (AvgIpc) is 2.89. The maximum Gasteiger partial charge on any atom is 0.264 e. The summed E-state index contributed by atoms with van der Waals surface area (Å²) < 4.78 is 33.7. The van der Waals surface area contributed by atoms with Crippen molar-refractivity contribution in [1.29, 1.82) is 0 Å². The number of piperazine rings is 1. The van der Waals surface area contributed by atoms with Crippen molar-refractivity contribution in [3.05, 3.63) is 82.9 Å². The minimum Gasteiger partial charge on any atom is -0.497 e. The summed E-state index contributed by atoms with van der Waals surface area (Å²) in [5.74, 6) is 0.557. The number of ether oxygens (including phenoxy) is 1. The molecule has 1 aliphatic rings. The molecule has 0 N–H and O–H groups in total. The molecule has 1 heterocycles. The standard InChI is InChI=1S/C27H30ClN3O4S/c1-20-4-7-24(18-21(20)2)31(36(33,34)26-12-5-22(28)6-13-26)19-27(32)30-16-14-29(15-17-30)23-8-10-25(35-3)11-9-23/h4-13,18H,14-17,19H2,1-3H3. The minimum atomic E-state index is -3.99. The van der Waals surface area contributed by atoms with E-state index in [0.717, 1.165) is 22.6 Å². The molecule has 0 spiro atoms. The number of carbonyl (C=O) groups is 1. The summed E-state index contributed by atoms with van der Waals surface area (Å²) in [7, 11) is -2.36. The van der Waals surface area contributed by atoms with Crippen LogP contribution in [0.5, 0.6) is 5.75 Å². The van der Waals surface area contributed by atoms with E-state index in [9.17, 15) is 13.2 Å². The molecule has 7 nitrogen and oxygen atoms in total. The number of hydrogen-bond donors (Lipinski definition) is 0. The Morgan fingerprint density at radius 2 is 1.56 bits per heavy atom. The Morgan fingerprint density at radius 1 is 0.917 bits per heavy atom. The zero-order valence-electron chi connectivity index (χ0n) is 20.6. The molecule has 9 heteroatoms. The van der Waals surface area contributed by atoms with E-state index in [1.54, 1.807) is 24.1 Å². The molecule has 0 aliphatic carbocycles. The van der Waals surface area contributed by atoms with Gasteiger partial charge in [0.2, 0.25) is 5.91 Å². The molecular formula is C27H30ClN3O4S. The maximum atomic E-state index is 13.6. The summed E-state index contributed by atoms with van der Waals surface area (Å²) in [6.07, 6.45) is 0. The van der Waals surface area contributed by atoms with Gasteiger partial charge in [0, 0.05) is 36.9 Å². The lowest BCUT2D eigenvalue weighted by atomic mass is 10.1. The largest absolute Gasteiger partial charge is 0.497 e. The molecule has 0 unspecified atom stereocenters. The first-order valence-corrected chi connectivity index (χ1v) is 13.5. The third-order valence-electron chi connectivity index (χ3n) is 6.53. The topological polar surface area (TPSA) is 70.2 Å². The van der Waals surface area contributed by atoms with Crippen molar-refractivity contribution < 1.29 is 17.9 Å². The van der Waals surface area contributed by atoms with Gasteiger partial charge in [0.15, 0.2) is 0 Å². The summed E-state index contributed by atoms with van der Waals surface area (Å²) in [5.41, 5.74) is 3.51. The lowest BCUT2D eigenvalue weighted by molar-refractivity contribution is -0.129. The van der Waals surface area contributed by atoms with E-state index >= 15 is 0 Å². The summed E-state index contributed by atoms with van der Waals surface area (Å²) in [6.45, 7) is 5.93. The molecule has 0 aromatic heterocycles.